The Balaban J connectivity index is 0.00000182. The van der Waals surface area contributed by atoms with Gasteiger partial charge in [-0.15, -0.1) is 36.2 Å². The minimum Gasteiger partial charge on any atom is -0.486 e. The molecule has 3 rings (SSSR count). The van der Waals surface area contributed by atoms with Crippen molar-refractivity contribution in [3.63, 3.8) is 0 Å². The van der Waals surface area contributed by atoms with E-state index in [-0.39, 0.29) is 43.1 Å². The Bertz CT molecular complexity index is 743. The zero-order chi connectivity index (χ0) is 17.8. The SMILES string of the molecule is CNC1CCCN(C(=O)c2sc(COc3ccc(F)cc3)nc2C)C1.Cl.Cl. The van der Waals surface area contributed by atoms with Gasteiger partial charge in [0.15, 0.2) is 0 Å². The Labute approximate surface area is 175 Å². The van der Waals surface area contributed by atoms with Crippen molar-refractivity contribution in [1.82, 2.24) is 15.2 Å². The Hall–Kier alpha value is -1.41. The molecule has 0 spiro atoms. The van der Waals surface area contributed by atoms with Crippen molar-refractivity contribution < 1.29 is 13.9 Å². The number of halogens is 3. The highest BCUT2D eigenvalue weighted by atomic mass is 35.5. The van der Waals surface area contributed by atoms with Gasteiger partial charge in [0.25, 0.3) is 5.91 Å². The summed E-state index contributed by atoms with van der Waals surface area (Å²) >= 11 is 1.37. The van der Waals surface area contributed by atoms with Crippen LogP contribution in [0.3, 0.4) is 0 Å². The summed E-state index contributed by atoms with van der Waals surface area (Å²) in [5.74, 6) is 0.324. The fourth-order valence-electron chi connectivity index (χ4n) is 2.93. The number of carbonyl (C=O) groups excluding carboxylic acids is 1. The largest absolute Gasteiger partial charge is 0.486 e. The second-order valence-electron chi connectivity index (χ2n) is 6.14. The summed E-state index contributed by atoms with van der Waals surface area (Å²) < 4.78 is 18.5. The first kappa shape index (κ1) is 23.6. The van der Waals surface area contributed by atoms with Gasteiger partial charge in [-0.2, -0.15) is 0 Å². The lowest BCUT2D eigenvalue weighted by molar-refractivity contribution is 0.0702. The zero-order valence-corrected chi connectivity index (χ0v) is 17.7. The van der Waals surface area contributed by atoms with E-state index in [4.69, 9.17) is 4.74 Å². The number of rotatable bonds is 5. The molecule has 1 aliphatic rings. The number of nitrogens with one attached hydrogen (secondary N) is 1. The molecule has 2 heterocycles. The molecule has 5 nitrogen and oxygen atoms in total. The van der Waals surface area contributed by atoms with Crippen molar-refractivity contribution in [3.05, 3.63) is 45.7 Å². The molecular weight excluding hydrogens is 412 g/mol. The smallest absolute Gasteiger partial charge is 0.265 e. The minimum absolute atomic E-state index is 0. The van der Waals surface area contributed by atoms with Crippen molar-refractivity contribution in [2.24, 2.45) is 0 Å². The van der Waals surface area contributed by atoms with Crippen LogP contribution < -0.4 is 10.1 Å². The van der Waals surface area contributed by atoms with Gasteiger partial charge < -0.3 is 15.0 Å². The number of aryl methyl sites for hydroxylation is 1. The standard InChI is InChI=1S/C18H22FN3O2S.2ClH/c1-12-17(18(23)22-9-3-4-14(10-22)20-2)25-16(21-12)11-24-15-7-5-13(19)6-8-15;;/h5-8,14,20H,3-4,9-11H2,1-2H3;2*1H. The van der Waals surface area contributed by atoms with Crippen molar-refractivity contribution >= 4 is 42.1 Å². The molecule has 0 saturated carbocycles. The molecule has 1 amide bonds. The summed E-state index contributed by atoms with van der Waals surface area (Å²) in [6.45, 7) is 3.64. The molecule has 1 aliphatic heterocycles. The Morgan fingerprint density at radius 2 is 2.07 bits per heavy atom. The highest BCUT2D eigenvalue weighted by Gasteiger charge is 2.26. The van der Waals surface area contributed by atoms with Crippen LogP contribution in [0.5, 0.6) is 5.75 Å². The van der Waals surface area contributed by atoms with E-state index < -0.39 is 0 Å². The number of amides is 1. The van der Waals surface area contributed by atoms with E-state index in [0.717, 1.165) is 36.6 Å². The molecule has 1 atom stereocenters. The fraction of sp³-hybridized carbons (Fsp3) is 0.444. The van der Waals surface area contributed by atoms with Crippen LogP contribution in [0.15, 0.2) is 24.3 Å². The molecule has 0 radical (unpaired) electrons. The molecule has 1 saturated heterocycles. The van der Waals surface area contributed by atoms with Crippen LogP contribution in [0.25, 0.3) is 0 Å². The van der Waals surface area contributed by atoms with E-state index in [0.29, 0.717) is 16.7 Å². The van der Waals surface area contributed by atoms with Gasteiger partial charge in [-0.3, -0.25) is 4.79 Å². The van der Waals surface area contributed by atoms with Gasteiger partial charge in [0, 0.05) is 19.1 Å². The maximum Gasteiger partial charge on any atom is 0.265 e. The van der Waals surface area contributed by atoms with Gasteiger partial charge in [0.1, 0.15) is 28.1 Å². The lowest BCUT2D eigenvalue weighted by atomic mass is 10.1. The number of piperidine rings is 1. The number of ether oxygens (including phenoxy) is 1. The first-order valence-electron chi connectivity index (χ1n) is 8.38. The van der Waals surface area contributed by atoms with Crippen LogP contribution >= 0.6 is 36.2 Å². The maximum absolute atomic E-state index is 12.9. The molecule has 1 aromatic heterocycles. The number of aromatic nitrogens is 1. The minimum atomic E-state index is -0.299. The molecule has 9 heteroatoms. The normalized spacial score (nSPS) is 16.3. The molecule has 0 aliphatic carbocycles. The second kappa shape index (κ2) is 10.8. The van der Waals surface area contributed by atoms with E-state index in [1.165, 1.54) is 23.5 Å². The third-order valence-electron chi connectivity index (χ3n) is 4.33. The number of likely N-dealkylation sites (tertiary alicyclic amines) is 1. The van der Waals surface area contributed by atoms with Crippen molar-refractivity contribution in [2.45, 2.75) is 32.4 Å². The van der Waals surface area contributed by atoms with Gasteiger partial charge in [0.05, 0.1) is 5.69 Å². The molecule has 0 bridgehead atoms. The van der Waals surface area contributed by atoms with Gasteiger partial charge in [-0.1, -0.05) is 0 Å². The lowest BCUT2D eigenvalue weighted by Gasteiger charge is -2.32. The van der Waals surface area contributed by atoms with E-state index in [1.807, 2.05) is 18.9 Å². The highest BCUT2D eigenvalue weighted by Crippen LogP contribution is 2.23. The van der Waals surface area contributed by atoms with Gasteiger partial charge >= 0.3 is 0 Å². The van der Waals surface area contributed by atoms with E-state index in [9.17, 15) is 9.18 Å². The van der Waals surface area contributed by atoms with Crippen LogP contribution in [-0.2, 0) is 6.61 Å². The number of carbonyl (C=O) groups is 1. The van der Waals surface area contributed by atoms with Crippen LogP contribution in [0.4, 0.5) is 4.39 Å². The third-order valence-corrected chi connectivity index (χ3v) is 5.45. The Kier molecular flexibility index (Phi) is 9.45. The molecule has 1 fully saturated rings. The average Bonchev–Trinajstić information content (AvgIpc) is 3.01. The third kappa shape index (κ3) is 6.04. The topological polar surface area (TPSA) is 54.5 Å². The Morgan fingerprint density at radius 3 is 2.74 bits per heavy atom. The number of thiazole rings is 1. The first-order chi connectivity index (χ1) is 12.1. The van der Waals surface area contributed by atoms with Crippen LogP contribution in [0, 0.1) is 12.7 Å². The number of likely N-dealkylation sites (N-methyl/N-ethyl adjacent to an activating group) is 1. The van der Waals surface area contributed by atoms with Crippen LogP contribution in [0.1, 0.15) is 33.2 Å². The predicted molar refractivity (Wildman–Crippen MR) is 110 cm³/mol. The quantitative estimate of drug-likeness (QED) is 0.774. The van der Waals surface area contributed by atoms with Crippen molar-refractivity contribution in [3.8, 4) is 5.75 Å². The number of benzene rings is 1. The van der Waals surface area contributed by atoms with Crippen LogP contribution in [-0.4, -0.2) is 42.0 Å². The second-order valence-corrected chi connectivity index (χ2v) is 7.23. The Morgan fingerprint density at radius 1 is 1.37 bits per heavy atom. The summed E-state index contributed by atoms with van der Waals surface area (Å²) in [6, 6.07) is 6.21. The average molecular weight is 436 g/mol. The van der Waals surface area contributed by atoms with Crippen molar-refractivity contribution in [2.75, 3.05) is 20.1 Å². The summed E-state index contributed by atoms with van der Waals surface area (Å²) in [5.41, 5.74) is 0.735. The molecule has 1 aromatic carbocycles. The monoisotopic (exact) mass is 435 g/mol. The predicted octanol–water partition coefficient (Wildman–Crippen LogP) is 3.84. The summed E-state index contributed by atoms with van der Waals surface area (Å²) in [6.07, 6.45) is 2.11. The zero-order valence-electron chi connectivity index (χ0n) is 15.2. The summed E-state index contributed by atoms with van der Waals surface area (Å²) in [4.78, 5) is 19.8. The lowest BCUT2D eigenvalue weighted by Crippen LogP contribution is -2.46. The molecule has 1 N–H and O–H groups in total. The number of nitrogens with zero attached hydrogens (tertiary/aromatic N) is 2. The summed E-state index contributed by atoms with van der Waals surface area (Å²) in [7, 11) is 1.93. The number of hydrogen-bond acceptors (Lipinski definition) is 5. The summed E-state index contributed by atoms with van der Waals surface area (Å²) in [5, 5.41) is 3.99. The van der Waals surface area contributed by atoms with Gasteiger partial charge in [-0.05, 0) is 51.1 Å². The highest BCUT2D eigenvalue weighted by molar-refractivity contribution is 7.13. The molecule has 2 aromatic rings. The molecule has 150 valence electrons. The van der Waals surface area contributed by atoms with Gasteiger partial charge in [0.2, 0.25) is 0 Å². The van der Waals surface area contributed by atoms with Crippen molar-refractivity contribution in [1.29, 1.82) is 0 Å². The first-order valence-corrected chi connectivity index (χ1v) is 9.19. The molecule has 1 unspecified atom stereocenters. The number of hydrogen-bond donors (Lipinski definition) is 1. The molecular formula is C18H24Cl2FN3O2S. The van der Waals surface area contributed by atoms with E-state index in [2.05, 4.69) is 10.3 Å². The maximum atomic E-state index is 12.9. The van der Waals surface area contributed by atoms with E-state index >= 15 is 0 Å². The van der Waals surface area contributed by atoms with Crippen LogP contribution in [0.2, 0.25) is 0 Å². The fourth-order valence-corrected chi connectivity index (χ4v) is 3.87. The van der Waals surface area contributed by atoms with E-state index in [1.54, 1.807) is 12.1 Å². The molecule has 27 heavy (non-hydrogen) atoms. The van der Waals surface area contributed by atoms with Gasteiger partial charge in [-0.25, -0.2) is 9.37 Å².